The lowest BCUT2D eigenvalue weighted by Gasteiger charge is -2.40. The second kappa shape index (κ2) is 8.24. The zero-order valence-corrected chi connectivity index (χ0v) is 19.9. The number of carbonyl (C=O) groups excluding carboxylic acids is 1. The summed E-state index contributed by atoms with van der Waals surface area (Å²) in [5, 5.41) is 3.66. The average Bonchev–Trinajstić information content (AvgIpc) is 3.38. The van der Waals surface area contributed by atoms with Crippen LogP contribution in [0.1, 0.15) is 42.4 Å². The molecule has 168 valence electrons. The molecule has 1 aliphatic heterocycles. The van der Waals surface area contributed by atoms with Crippen LogP contribution in [0.25, 0.3) is 6.08 Å². The van der Waals surface area contributed by atoms with Gasteiger partial charge < -0.3 is 14.5 Å². The number of amides is 1. The molecule has 0 spiro atoms. The van der Waals surface area contributed by atoms with E-state index in [0.29, 0.717) is 10.6 Å². The highest BCUT2D eigenvalue weighted by Crippen LogP contribution is 2.48. The number of benzene rings is 2. The monoisotopic (exact) mass is 451 g/mol. The maximum atomic E-state index is 12.8. The Balaban J connectivity index is 1.24. The number of halogens is 1. The standard InChI is InChI=1S/C27H31ClN2O2/c1-17-10-23(28)14-21-13-22(16-32-26(17)21)27(31)29-24-8-5-18(6-9-24)15-30(2,3)25-12-19-4-7-20(25)11-19/h5-6,8-10,13-14,19-20,25H,4,7,11-12,15-16H2,1-3H3/p+1. The van der Waals surface area contributed by atoms with Crippen molar-refractivity contribution in [1.29, 1.82) is 0 Å². The molecule has 1 N–H and O–H groups in total. The third-order valence-electron chi connectivity index (χ3n) is 7.66. The van der Waals surface area contributed by atoms with Crippen molar-refractivity contribution in [2.75, 3.05) is 26.0 Å². The fourth-order valence-corrected chi connectivity index (χ4v) is 6.41. The van der Waals surface area contributed by atoms with Crippen LogP contribution in [-0.2, 0) is 11.3 Å². The van der Waals surface area contributed by atoms with E-state index >= 15 is 0 Å². The molecule has 1 heterocycles. The first-order valence-electron chi connectivity index (χ1n) is 11.6. The number of anilines is 1. The van der Waals surface area contributed by atoms with E-state index in [-0.39, 0.29) is 12.5 Å². The first kappa shape index (κ1) is 21.5. The predicted octanol–water partition coefficient (Wildman–Crippen LogP) is 5.83. The minimum Gasteiger partial charge on any atom is -0.488 e. The van der Waals surface area contributed by atoms with Gasteiger partial charge in [-0.05, 0) is 68.0 Å². The second-order valence-corrected chi connectivity index (χ2v) is 10.9. The van der Waals surface area contributed by atoms with Crippen molar-refractivity contribution >= 4 is 29.3 Å². The van der Waals surface area contributed by atoms with Crippen LogP contribution in [0.5, 0.6) is 5.75 Å². The molecule has 2 aliphatic carbocycles. The second-order valence-electron chi connectivity index (χ2n) is 10.4. The lowest BCUT2D eigenvalue weighted by molar-refractivity contribution is -0.931. The summed E-state index contributed by atoms with van der Waals surface area (Å²) in [7, 11) is 4.75. The van der Waals surface area contributed by atoms with Crippen molar-refractivity contribution in [3.63, 3.8) is 0 Å². The maximum Gasteiger partial charge on any atom is 0.255 e. The van der Waals surface area contributed by atoms with Gasteiger partial charge in [-0.15, -0.1) is 0 Å². The molecule has 3 atom stereocenters. The molecule has 0 radical (unpaired) electrons. The smallest absolute Gasteiger partial charge is 0.255 e. The van der Waals surface area contributed by atoms with Gasteiger partial charge in [0, 0.05) is 34.2 Å². The van der Waals surface area contributed by atoms with Crippen molar-refractivity contribution in [2.45, 2.75) is 45.2 Å². The number of nitrogens with one attached hydrogen (secondary N) is 1. The van der Waals surface area contributed by atoms with Gasteiger partial charge in [-0.25, -0.2) is 0 Å². The number of aryl methyl sites for hydroxylation is 1. The number of hydrogen-bond donors (Lipinski definition) is 1. The Morgan fingerprint density at radius 1 is 1.16 bits per heavy atom. The predicted molar refractivity (Wildman–Crippen MR) is 130 cm³/mol. The van der Waals surface area contributed by atoms with E-state index in [0.717, 1.165) is 51.5 Å². The van der Waals surface area contributed by atoms with Crippen LogP contribution >= 0.6 is 11.6 Å². The van der Waals surface area contributed by atoms with Crippen LogP contribution in [0.2, 0.25) is 5.02 Å². The fourth-order valence-electron chi connectivity index (χ4n) is 6.13. The Kier molecular flexibility index (Phi) is 5.55. The largest absolute Gasteiger partial charge is 0.488 e. The van der Waals surface area contributed by atoms with E-state index in [2.05, 4.69) is 31.5 Å². The Bertz CT molecular complexity index is 1070. The number of quaternary nitrogens is 1. The van der Waals surface area contributed by atoms with E-state index in [1.54, 1.807) is 0 Å². The molecule has 2 bridgehead atoms. The lowest BCUT2D eigenvalue weighted by atomic mass is 9.92. The van der Waals surface area contributed by atoms with Gasteiger partial charge in [0.1, 0.15) is 18.9 Å². The van der Waals surface area contributed by atoms with Crippen LogP contribution in [0.4, 0.5) is 5.69 Å². The molecule has 5 heteroatoms. The molecule has 3 unspecified atom stereocenters. The molecule has 0 aromatic heterocycles. The quantitative estimate of drug-likeness (QED) is 0.581. The average molecular weight is 452 g/mol. The highest BCUT2D eigenvalue weighted by atomic mass is 35.5. The minimum atomic E-state index is -0.140. The number of carbonyl (C=O) groups is 1. The first-order valence-corrected chi connectivity index (χ1v) is 12.0. The molecule has 32 heavy (non-hydrogen) atoms. The van der Waals surface area contributed by atoms with Crippen LogP contribution in [0.15, 0.2) is 42.0 Å². The molecule has 1 amide bonds. The normalized spacial score (nSPS) is 24.0. The number of ether oxygens (including phenoxy) is 1. The maximum absolute atomic E-state index is 12.8. The van der Waals surface area contributed by atoms with E-state index in [1.165, 1.54) is 31.2 Å². The van der Waals surface area contributed by atoms with Crippen LogP contribution in [-0.4, -0.2) is 37.1 Å². The zero-order chi connectivity index (χ0) is 22.5. The summed E-state index contributed by atoms with van der Waals surface area (Å²) in [6, 6.07) is 12.8. The Labute approximate surface area is 195 Å². The van der Waals surface area contributed by atoms with E-state index in [9.17, 15) is 4.79 Å². The van der Waals surface area contributed by atoms with Gasteiger partial charge in [0.25, 0.3) is 5.91 Å². The minimum absolute atomic E-state index is 0.140. The Hall–Kier alpha value is -2.30. The van der Waals surface area contributed by atoms with Gasteiger partial charge in [-0.2, -0.15) is 0 Å². The van der Waals surface area contributed by atoms with Crippen molar-refractivity contribution in [3.05, 3.63) is 63.7 Å². The molecular formula is C27H32ClN2O2+. The molecule has 0 saturated heterocycles. The summed E-state index contributed by atoms with van der Waals surface area (Å²) < 4.78 is 6.89. The summed E-state index contributed by atoms with van der Waals surface area (Å²) in [5.41, 5.74) is 4.54. The van der Waals surface area contributed by atoms with Crippen LogP contribution in [0, 0.1) is 18.8 Å². The van der Waals surface area contributed by atoms with Crippen LogP contribution in [0.3, 0.4) is 0 Å². The SMILES string of the molecule is Cc1cc(Cl)cc2c1OCC(C(=O)Nc1ccc(C[N+](C)(C)C3CC4CCC3C4)cc1)=C2. The fraction of sp³-hybridized carbons (Fsp3) is 0.444. The topological polar surface area (TPSA) is 38.3 Å². The summed E-state index contributed by atoms with van der Waals surface area (Å²) in [5.74, 6) is 2.53. The van der Waals surface area contributed by atoms with Gasteiger partial charge >= 0.3 is 0 Å². The van der Waals surface area contributed by atoms with E-state index in [4.69, 9.17) is 16.3 Å². The summed E-state index contributed by atoms with van der Waals surface area (Å²) in [4.78, 5) is 12.8. The molecule has 2 aromatic carbocycles. The van der Waals surface area contributed by atoms with Crippen molar-refractivity contribution in [1.82, 2.24) is 0 Å². The summed E-state index contributed by atoms with van der Waals surface area (Å²) in [6.45, 7) is 3.25. The Morgan fingerprint density at radius 2 is 1.94 bits per heavy atom. The molecule has 2 aromatic rings. The number of hydrogen-bond acceptors (Lipinski definition) is 2. The van der Waals surface area contributed by atoms with Gasteiger partial charge in [0.05, 0.1) is 25.7 Å². The van der Waals surface area contributed by atoms with Gasteiger partial charge in [-0.3, -0.25) is 4.79 Å². The zero-order valence-electron chi connectivity index (χ0n) is 19.2. The number of fused-ring (bicyclic) bond motifs is 3. The molecular weight excluding hydrogens is 420 g/mol. The van der Waals surface area contributed by atoms with Crippen molar-refractivity contribution in [2.24, 2.45) is 11.8 Å². The third-order valence-corrected chi connectivity index (χ3v) is 7.88. The third kappa shape index (κ3) is 4.18. The first-order chi connectivity index (χ1) is 15.3. The van der Waals surface area contributed by atoms with Gasteiger partial charge in [0.2, 0.25) is 0 Å². The van der Waals surface area contributed by atoms with Crippen molar-refractivity contribution in [3.8, 4) is 5.75 Å². The summed E-state index contributed by atoms with van der Waals surface area (Å²) in [6.07, 6.45) is 7.55. The van der Waals surface area contributed by atoms with E-state index < -0.39 is 0 Å². The molecule has 4 nitrogen and oxygen atoms in total. The molecule has 2 saturated carbocycles. The number of nitrogens with zero attached hydrogens (tertiary/aromatic N) is 1. The number of rotatable bonds is 5. The molecule has 2 fully saturated rings. The highest BCUT2D eigenvalue weighted by molar-refractivity contribution is 6.31. The molecule has 3 aliphatic rings. The lowest BCUT2D eigenvalue weighted by Crippen LogP contribution is -2.50. The summed E-state index contributed by atoms with van der Waals surface area (Å²) >= 11 is 6.17. The van der Waals surface area contributed by atoms with E-state index in [1.807, 2.05) is 37.3 Å². The van der Waals surface area contributed by atoms with Crippen molar-refractivity contribution < 1.29 is 14.0 Å². The van der Waals surface area contributed by atoms with Gasteiger partial charge in [0.15, 0.2) is 0 Å². The van der Waals surface area contributed by atoms with Crippen LogP contribution < -0.4 is 10.1 Å². The Morgan fingerprint density at radius 3 is 2.62 bits per heavy atom. The molecule has 5 rings (SSSR count). The highest BCUT2D eigenvalue weighted by Gasteiger charge is 2.47. The van der Waals surface area contributed by atoms with Gasteiger partial charge in [-0.1, -0.05) is 23.7 Å².